The Labute approximate surface area is 223 Å². The van der Waals surface area contributed by atoms with Gasteiger partial charge in [0.1, 0.15) is 5.82 Å². The molecule has 10 heteroatoms. The largest absolute Gasteiger partial charge is 0.287 e. The minimum absolute atomic E-state index is 0.0227. The summed E-state index contributed by atoms with van der Waals surface area (Å²) < 4.78 is 43.1. The molecule has 1 aromatic heterocycles. The summed E-state index contributed by atoms with van der Waals surface area (Å²) in [5, 5.41) is 1.04. The van der Waals surface area contributed by atoms with E-state index in [0.29, 0.717) is 26.4 Å². The van der Waals surface area contributed by atoms with Crippen LogP contribution in [0, 0.1) is 5.82 Å². The molecule has 1 heterocycles. The minimum Gasteiger partial charge on any atom is -0.287 e. The first-order chi connectivity index (χ1) is 16.4. The van der Waals surface area contributed by atoms with Crippen molar-refractivity contribution in [3.63, 3.8) is 0 Å². The Morgan fingerprint density at radius 3 is 2.23 bits per heavy atom. The molecule has 0 radical (unpaired) electrons. The van der Waals surface area contributed by atoms with Gasteiger partial charge in [0, 0.05) is 26.7 Å². The van der Waals surface area contributed by atoms with E-state index < -0.39 is 26.8 Å². The van der Waals surface area contributed by atoms with Gasteiger partial charge in [0.15, 0.2) is 0 Å². The molecule has 0 bridgehead atoms. The van der Waals surface area contributed by atoms with Crippen molar-refractivity contribution in [3.8, 4) is 5.69 Å². The molecule has 0 atom stereocenters. The van der Waals surface area contributed by atoms with E-state index in [4.69, 9.17) is 46.4 Å². The summed E-state index contributed by atoms with van der Waals surface area (Å²) in [7, 11) is -4.14. The lowest BCUT2D eigenvalue weighted by Crippen LogP contribution is -2.24. The van der Waals surface area contributed by atoms with Crippen molar-refractivity contribution in [2.45, 2.75) is 30.2 Å². The van der Waals surface area contributed by atoms with Crippen LogP contribution in [0.1, 0.15) is 30.7 Å². The predicted octanol–water partition coefficient (Wildman–Crippen LogP) is 7.92. The second-order valence-electron chi connectivity index (χ2n) is 8.45. The molecule has 0 saturated heterocycles. The second-order valence-corrected chi connectivity index (χ2v) is 12.0. The average Bonchev–Trinajstić information content (AvgIpc) is 3.26. The third kappa shape index (κ3) is 5.09. The van der Waals surface area contributed by atoms with Crippen molar-refractivity contribution in [3.05, 3.63) is 110 Å². The van der Waals surface area contributed by atoms with Crippen LogP contribution in [-0.4, -0.2) is 18.0 Å². The van der Waals surface area contributed by atoms with Crippen molar-refractivity contribution < 1.29 is 12.8 Å². The smallest absolute Gasteiger partial charge is 0.232 e. The van der Waals surface area contributed by atoms with Gasteiger partial charge in [-0.05, 0) is 54.1 Å². The molecule has 0 aliphatic carbocycles. The third-order valence-electron chi connectivity index (χ3n) is 5.77. The summed E-state index contributed by atoms with van der Waals surface area (Å²) in [4.78, 5) is 4.29. The average molecular weight is 572 g/mol. The predicted molar refractivity (Wildman–Crippen MR) is 139 cm³/mol. The number of nitrogens with zero attached hydrogens (tertiary/aromatic N) is 2. The summed E-state index contributed by atoms with van der Waals surface area (Å²) >= 11 is 24.6. The molecule has 0 unspecified atom stereocenters. The number of rotatable bonds is 6. The molecule has 0 spiro atoms. The summed E-state index contributed by atoms with van der Waals surface area (Å²) in [6.07, 6.45) is 1.49. The quantitative estimate of drug-likeness (QED) is 0.236. The van der Waals surface area contributed by atoms with Crippen molar-refractivity contribution >= 4 is 56.2 Å². The summed E-state index contributed by atoms with van der Waals surface area (Å²) in [6.45, 7) is 3.83. The van der Waals surface area contributed by atoms with Gasteiger partial charge < -0.3 is 0 Å². The Kier molecular flexibility index (Phi) is 7.24. The fourth-order valence-corrected chi connectivity index (χ4v) is 6.02. The number of imidazole rings is 1. The highest BCUT2D eigenvalue weighted by atomic mass is 35.5. The van der Waals surface area contributed by atoms with E-state index >= 15 is 0 Å². The van der Waals surface area contributed by atoms with Gasteiger partial charge in [-0.3, -0.25) is 4.57 Å². The SMILES string of the molecule is CC(C)(c1ccc(Cl)c(Cl)c1)c1cnc(S(=O)(=O)Cc2c(F)cccc2Cl)n1-c1ccc(Cl)cc1. The van der Waals surface area contributed by atoms with Gasteiger partial charge >= 0.3 is 0 Å². The number of hydrogen-bond acceptors (Lipinski definition) is 3. The van der Waals surface area contributed by atoms with E-state index in [1.54, 1.807) is 36.4 Å². The van der Waals surface area contributed by atoms with Gasteiger partial charge in [-0.25, -0.2) is 17.8 Å². The standard InChI is InChI=1S/C25H19Cl4FN2O2S/c1-25(2,15-6-11-20(28)21(29)12-15)23-13-31-24(32(23)17-9-7-16(26)8-10-17)35(33,34)14-18-19(27)4-3-5-22(18)30/h3-13H,14H2,1-2H3. The number of benzene rings is 3. The third-order valence-corrected chi connectivity index (χ3v) is 8.63. The molecule has 0 saturated carbocycles. The number of halogens is 5. The molecule has 3 aromatic carbocycles. The van der Waals surface area contributed by atoms with E-state index in [-0.39, 0.29) is 15.7 Å². The van der Waals surface area contributed by atoms with Crippen LogP contribution < -0.4 is 0 Å². The molecule has 4 aromatic rings. The van der Waals surface area contributed by atoms with Gasteiger partial charge in [-0.15, -0.1) is 0 Å². The van der Waals surface area contributed by atoms with Crippen LogP contribution in [0.2, 0.25) is 20.1 Å². The Morgan fingerprint density at radius 1 is 0.914 bits per heavy atom. The molecule has 0 fully saturated rings. The second kappa shape index (κ2) is 9.75. The lowest BCUT2D eigenvalue weighted by molar-refractivity contribution is 0.564. The van der Waals surface area contributed by atoms with Gasteiger partial charge in [0.25, 0.3) is 0 Å². The molecule has 4 rings (SSSR count). The molecule has 35 heavy (non-hydrogen) atoms. The van der Waals surface area contributed by atoms with Gasteiger partial charge in [0.05, 0.1) is 27.7 Å². The van der Waals surface area contributed by atoms with Crippen molar-refractivity contribution in [2.75, 3.05) is 0 Å². The van der Waals surface area contributed by atoms with Crippen LogP contribution in [-0.2, 0) is 21.0 Å². The van der Waals surface area contributed by atoms with Crippen molar-refractivity contribution in [2.24, 2.45) is 0 Å². The molecule has 0 aliphatic heterocycles. The topological polar surface area (TPSA) is 52.0 Å². The van der Waals surface area contributed by atoms with Crippen LogP contribution in [0.3, 0.4) is 0 Å². The van der Waals surface area contributed by atoms with E-state index in [2.05, 4.69) is 4.98 Å². The number of aromatic nitrogens is 2. The molecular weight excluding hydrogens is 553 g/mol. The number of sulfone groups is 1. The maximum Gasteiger partial charge on any atom is 0.232 e. The zero-order valence-electron chi connectivity index (χ0n) is 18.6. The summed E-state index contributed by atoms with van der Waals surface area (Å²) in [5.41, 5.74) is 1.02. The van der Waals surface area contributed by atoms with E-state index in [1.807, 2.05) is 19.9 Å². The van der Waals surface area contributed by atoms with E-state index in [0.717, 1.165) is 5.56 Å². The molecular formula is C25H19Cl4FN2O2S. The highest BCUT2D eigenvalue weighted by Gasteiger charge is 2.34. The van der Waals surface area contributed by atoms with Crippen LogP contribution >= 0.6 is 46.4 Å². The lowest BCUT2D eigenvalue weighted by Gasteiger charge is -2.28. The van der Waals surface area contributed by atoms with Gasteiger partial charge in [-0.1, -0.05) is 72.4 Å². The molecule has 0 aliphatic rings. The molecule has 0 N–H and O–H groups in total. The maximum atomic E-state index is 14.4. The van der Waals surface area contributed by atoms with Crippen molar-refractivity contribution in [1.29, 1.82) is 0 Å². The zero-order valence-corrected chi connectivity index (χ0v) is 22.4. The highest BCUT2D eigenvalue weighted by molar-refractivity contribution is 7.90. The Bertz CT molecular complexity index is 1500. The highest BCUT2D eigenvalue weighted by Crippen LogP contribution is 2.38. The van der Waals surface area contributed by atoms with E-state index in [1.165, 1.54) is 29.0 Å². The van der Waals surface area contributed by atoms with Crippen LogP contribution in [0.25, 0.3) is 5.69 Å². The maximum absolute atomic E-state index is 14.4. The Hall–Kier alpha value is -2.09. The van der Waals surface area contributed by atoms with Crippen LogP contribution in [0.4, 0.5) is 4.39 Å². The van der Waals surface area contributed by atoms with E-state index in [9.17, 15) is 12.8 Å². The monoisotopic (exact) mass is 570 g/mol. The molecule has 0 amide bonds. The Morgan fingerprint density at radius 2 is 1.60 bits per heavy atom. The first kappa shape index (κ1) is 26.0. The molecule has 182 valence electrons. The van der Waals surface area contributed by atoms with Crippen LogP contribution in [0.5, 0.6) is 0 Å². The normalized spacial score (nSPS) is 12.2. The minimum atomic E-state index is -4.14. The fraction of sp³-hybridized carbons (Fsp3) is 0.160. The first-order valence-electron chi connectivity index (χ1n) is 10.4. The Balaban J connectivity index is 1.92. The molecule has 4 nitrogen and oxygen atoms in total. The summed E-state index contributed by atoms with van der Waals surface area (Å²) in [6, 6.07) is 15.9. The number of hydrogen-bond donors (Lipinski definition) is 0. The summed E-state index contributed by atoms with van der Waals surface area (Å²) in [5.74, 6) is -1.36. The zero-order chi connectivity index (χ0) is 25.5. The lowest BCUT2D eigenvalue weighted by atomic mass is 9.81. The van der Waals surface area contributed by atoms with Crippen molar-refractivity contribution in [1.82, 2.24) is 9.55 Å². The van der Waals surface area contributed by atoms with Gasteiger partial charge in [0.2, 0.25) is 15.0 Å². The fourth-order valence-electron chi connectivity index (χ4n) is 3.79. The van der Waals surface area contributed by atoms with Gasteiger partial charge in [-0.2, -0.15) is 0 Å². The first-order valence-corrected chi connectivity index (χ1v) is 13.5. The van der Waals surface area contributed by atoms with Crippen LogP contribution in [0.15, 0.2) is 72.0 Å².